The van der Waals surface area contributed by atoms with Crippen LogP contribution >= 0.6 is 11.8 Å². The molecule has 0 aliphatic carbocycles. The highest BCUT2D eigenvalue weighted by atomic mass is 32.2. The van der Waals surface area contributed by atoms with Gasteiger partial charge in [-0.2, -0.15) is 4.98 Å². The molecule has 1 atom stereocenters. The Morgan fingerprint density at radius 3 is 3.00 bits per heavy atom. The van der Waals surface area contributed by atoms with Gasteiger partial charge in [0.25, 0.3) is 0 Å². The molecule has 1 aliphatic rings. The van der Waals surface area contributed by atoms with Crippen LogP contribution in [0.1, 0.15) is 43.6 Å². The van der Waals surface area contributed by atoms with Crippen molar-refractivity contribution in [1.82, 2.24) is 10.1 Å². The second-order valence-electron chi connectivity index (χ2n) is 4.98. The Bertz CT molecular complexity index is 567. The van der Waals surface area contributed by atoms with Gasteiger partial charge in [0.05, 0.1) is 6.04 Å². The van der Waals surface area contributed by atoms with Crippen LogP contribution in [-0.2, 0) is 0 Å². The zero-order valence-corrected chi connectivity index (χ0v) is 11.9. The van der Waals surface area contributed by atoms with E-state index in [2.05, 4.69) is 53.6 Å². The standard InChI is InChI=1S/C14H17N3OS/c1-9(2)13-16-14(18-17-13)15-11-7-8-19-12-6-4-3-5-10(11)12/h3-6,9,11H,7-8H2,1-2H3,(H,15,16,17). The van der Waals surface area contributed by atoms with E-state index in [1.54, 1.807) is 0 Å². The average molecular weight is 275 g/mol. The number of fused-ring (bicyclic) bond motifs is 1. The number of thioether (sulfide) groups is 1. The fourth-order valence-electron chi connectivity index (χ4n) is 2.17. The van der Waals surface area contributed by atoms with Crippen LogP contribution in [0, 0.1) is 0 Å². The first kappa shape index (κ1) is 12.5. The summed E-state index contributed by atoms with van der Waals surface area (Å²) in [5, 5.41) is 7.34. The Morgan fingerprint density at radius 1 is 1.37 bits per heavy atom. The van der Waals surface area contributed by atoms with Crippen molar-refractivity contribution in [2.45, 2.75) is 37.1 Å². The lowest BCUT2D eigenvalue weighted by molar-refractivity contribution is 0.414. The van der Waals surface area contributed by atoms with E-state index in [-0.39, 0.29) is 12.0 Å². The van der Waals surface area contributed by atoms with Crippen molar-refractivity contribution >= 4 is 17.8 Å². The third-order valence-corrected chi connectivity index (χ3v) is 4.34. The van der Waals surface area contributed by atoms with Gasteiger partial charge in [0, 0.05) is 16.6 Å². The summed E-state index contributed by atoms with van der Waals surface area (Å²) in [5.41, 5.74) is 1.32. The van der Waals surface area contributed by atoms with Crippen molar-refractivity contribution in [2.24, 2.45) is 0 Å². The lowest BCUT2D eigenvalue weighted by atomic mass is 10.0. The zero-order chi connectivity index (χ0) is 13.2. The molecule has 100 valence electrons. The Labute approximate surface area is 117 Å². The van der Waals surface area contributed by atoms with Crippen molar-refractivity contribution in [3.05, 3.63) is 35.7 Å². The summed E-state index contributed by atoms with van der Waals surface area (Å²) >= 11 is 1.91. The van der Waals surface area contributed by atoms with E-state index in [1.165, 1.54) is 10.5 Å². The van der Waals surface area contributed by atoms with Crippen LogP contribution < -0.4 is 5.32 Å². The Morgan fingerprint density at radius 2 is 2.21 bits per heavy atom. The summed E-state index contributed by atoms with van der Waals surface area (Å²) in [6.07, 6.45) is 1.07. The molecule has 1 N–H and O–H groups in total. The number of rotatable bonds is 3. The topological polar surface area (TPSA) is 51.0 Å². The van der Waals surface area contributed by atoms with Crippen LogP contribution in [0.15, 0.2) is 33.7 Å². The summed E-state index contributed by atoms with van der Waals surface area (Å²) in [6.45, 7) is 4.11. The van der Waals surface area contributed by atoms with E-state index < -0.39 is 0 Å². The minimum absolute atomic E-state index is 0.262. The van der Waals surface area contributed by atoms with Crippen LogP contribution in [0.3, 0.4) is 0 Å². The average Bonchev–Trinajstić information content (AvgIpc) is 2.88. The van der Waals surface area contributed by atoms with Gasteiger partial charge >= 0.3 is 6.01 Å². The second kappa shape index (κ2) is 5.25. The smallest absolute Gasteiger partial charge is 0.321 e. The number of aromatic nitrogens is 2. The van der Waals surface area contributed by atoms with E-state index in [4.69, 9.17) is 4.52 Å². The summed E-state index contributed by atoms with van der Waals surface area (Å²) in [5.74, 6) is 2.15. The molecule has 2 heterocycles. The summed E-state index contributed by atoms with van der Waals surface area (Å²) in [6, 6.07) is 9.28. The molecular formula is C14H17N3OS. The van der Waals surface area contributed by atoms with Crippen LogP contribution in [0.2, 0.25) is 0 Å². The lowest BCUT2D eigenvalue weighted by Crippen LogP contribution is -2.16. The molecule has 0 fully saturated rings. The Kier molecular flexibility index (Phi) is 3.46. The van der Waals surface area contributed by atoms with Crippen molar-refractivity contribution in [3.8, 4) is 0 Å². The molecule has 1 aromatic heterocycles. The highest BCUT2D eigenvalue weighted by Crippen LogP contribution is 2.37. The zero-order valence-electron chi connectivity index (χ0n) is 11.1. The van der Waals surface area contributed by atoms with Gasteiger partial charge in [-0.25, -0.2) is 0 Å². The van der Waals surface area contributed by atoms with E-state index in [0.717, 1.165) is 18.0 Å². The van der Waals surface area contributed by atoms with E-state index in [0.29, 0.717) is 6.01 Å². The molecule has 3 rings (SSSR count). The van der Waals surface area contributed by atoms with E-state index in [9.17, 15) is 0 Å². The van der Waals surface area contributed by atoms with Crippen molar-refractivity contribution in [3.63, 3.8) is 0 Å². The molecule has 1 aliphatic heterocycles. The van der Waals surface area contributed by atoms with Gasteiger partial charge in [0.1, 0.15) is 0 Å². The van der Waals surface area contributed by atoms with Crippen LogP contribution in [0.25, 0.3) is 0 Å². The third kappa shape index (κ3) is 2.61. The van der Waals surface area contributed by atoms with Gasteiger partial charge in [-0.3, -0.25) is 0 Å². The van der Waals surface area contributed by atoms with Gasteiger partial charge < -0.3 is 9.84 Å². The predicted molar refractivity (Wildman–Crippen MR) is 76.5 cm³/mol. The lowest BCUT2D eigenvalue weighted by Gasteiger charge is -2.24. The van der Waals surface area contributed by atoms with Crippen LogP contribution in [0.4, 0.5) is 6.01 Å². The quantitative estimate of drug-likeness (QED) is 0.922. The Hall–Kier alpha value is -1.49. The molecular weight excluding hydrogens is 258 g/mol. The van der Waals surface area contributed by atoms with Crippen LogP contribution in [-0.4, -0.2) is 15.9 Å². The molecule has 0 radical (unpaired) electrons. The maximum Gasteiger partial charge on any atom is 0.321 e. The first-order valence-electron chi connectivity index (χ1n) is 6.56. The SMILES string of the molecule is CC(C)c1noc(NC2CCSc3ccccc32)n1. The fourth-order valence-corrected chi connectivity index (χ4v) is 3.29. The van der Waals surface area contributed by atoms with Gasteiger partial charge in [-0.05, 0) is 18.1 Å². The Balaban J connectivity index is 1.80. The molecule has 0 spiro atoms. The molecule has 2 aromatic rings. The molecule has 0 bridgehead atoms. The highest BCUT2D eigenvalue weighted by Gasteiger charge is 2.22. The number of anilines is 1. The van der Waals surface area contributed by atoms with Crippen molar-refractivity contribution in [2.75, 3.05) is 11.1 Å². The molecule has 5 heteroatoms. The van der Waals surface area contributed by atoms with Gasteiger partial charge in [0.2, 0.25) is 0 Å². The van der Waals surface area contributed by atoms with Gasteiger partial charge in [0.15, 0.2) is 5.82 Å². The van der Waals surface area contributed by atoms with E-state index in [1.807, 2.05) is 11.8 Å². The van der Waals surface area contributed by atoms with Gasteiger partial charge in [-0.15, -0.1) is 11.8 Å². The van der Waals surface area contributed by atoms with E-state index >= 15 is 0 Å². The maximum atomic E-state index is 5.26. The molecule has 0 amide bonds. The third-order valence-electron chi connectivity index (χ3n) is 3.21. The maximum absolute atomic E-state index is 5.26. The summed E-state index contributed by atoms with van der Waals surface area (Å²) < 4.78 is 5.26. The molecule has 1 aromatic carbocycles. The number of benzene rings is 1. The first-order chi connectivity index (χ1) is 9.24. The summed E-state index contributed by atoms with van der Waals surface area (Å²) in [7, 11) is 0. The molecule has 1 unspecified atom stereocenters. The number of nitrogens with one attached hydrogen (secondary N) is 1. The van der Waals surface area contributed by atoms with Crippen molar-refractivity contribution < 1.29 is 4.52 Å². The number of hydrogen-bond donors (Lipinski definition) is 1. The number of nitrogens with zero attached hydrogens (tertiary/aromatic N) is 2. The molecule has 4 nitrogen and oxygen atoms in total. The molecule has 0 saturated carbocycles. The summed E-state index contributed by atoms with van der Waals surface area (Å²) in [4.78, 5) is 5.72. The second-order valence-corrected chi connectivity index (χ2v) is 6.12. The highest BCUT2D eigenvalue weighted by molar-refractivity contribution is 7.99. The van der Waals surface area contributed by atoms with Crippen LogP contribution in [0.5, 0.6) is 0 Å². The first-order valence-corrected chi connectivity index (χ1v) is 7.54. The largest absolute Gasteiger partial charge is 0.331 e. The molecule has 19 heavy (non-hydrogen) atoms. The minimum atomic E-state index is 0.262. The molecule has 0 saturated heterocycles. The number of hydrogen-bond acceptors (Lipinski definition) is 5. The predicted octanol–water partition coefficient (Wildman–Crippen LogP) is 3.84. The van der Waals surface area contributed by atoms with Gasteiger partial charge in [-0.1, -0.05) is 37.2 Å². The monoisotopic (exact) mass is 275 g/mol. The normalized spacial score (nSPS) is 18.4. The van der Waals surface area contributed by atoms with Crippen molar-refractivity contribution in [1.29, 1.82) is 0 Å². The fraction of sp³-hybridized carbons (Fsp3) is 0.429. The minimum Gasteiger partial charge on any atom is -0.331 e.